The van der Waals surface area contributed by atoms with E-state index in [-0.39, 0.29) is 5.78 Å². The molecule has 1 aromatic heterocycles. The predicted molar refractivity (Wildman–Crippen MR) is 77.7 cm³/mol. The molecule has 4 heteroatoms. The number of Topliss-reactive ketones (excluding diaryl/α,β-unsaturated/α-hetero) is 1. The Morgan fingerprint density at radius 1 is 1.42 bits per heavy atom. The Kier molecular flexibility index (Phi) is 4.53. The second-order valence-corrected chi connectivity index (χ2v) is 5.62. The molecule has 0 bridgehead atoms. The van der Waals surface area contributed by atoms with Gasteiger partial charge in [-0.25, -0.2) is 4.98 Å². The highest BCUT2D eigenvalue weighted by Gasteiger charge is 2.22. The van der Waals surface area contributed by atoms with Gasteiger partial charge >= 0.3 is 0 Å². The number of anilines is 1. The predicted octanol–water partition coefficient (Wildman–Crippen LogP) is 2.06. The number of carbonyl (C=O) groups is 1. The molecule has 1 fully saturated rings. The van der Waals surface area contributed by atoms with Crippen molar-refractivity contribution in [1.29, 1.82) is 0 Å². The van der Waals surface area contributed by atoms with E-state index in [2.05, 4.69) is 28.9 Å². The molecular formula is C15H23N3O. The van der Waals surface area contributed by atoms with Crippen LogP contribution in [0.3, 0.4) is 0 Å². The molecule has 2 rings (SSSR count). The van der Waals surface area contributed by atoms with Gasteiger partial charge in [-0.05, 0) is 51.9 Å². The fourth-order valence-corrected chi connectivity index (χ4v) is 2.77. The van der Waals surface area contributed by atoms with Gasteiger partial charge < -0.3 is 9.80 Å². The van der Waals surface area contributed by atoms with E-state index in [0.717, 1.165) is 36.9 Å². The molecule has 1 saturated heterocycles. The highest BCUT2D eigenvalue weighted by molar-refractivity contribution is 5.98. The molecular weight excluding hydrogens is 238 g/mol. The molecule has 0 radical (unpaired) electrons. The minimum Gasteiger partial charge on any atom is -0.356 e. The van der Waals surface area contributed by atoms with Gasteiger partial charge in [0, 0.05) is 25.8 Å². The molecule has 0 N–H and O–H groups in total. The second-order valence-electron chi connectivity index (χ2n) is 5.62. The van der Waals surface area contributed by atoms with E-state index < -0.39 is 0 Å². The van der Waals surface area contributed by atoms with Gasteiger partial charge in [0.05, 0.1) is 5.56 Å². The van der Waals surface area contributed by atoms with Crippen LogP contribution in [0.4, 0.5) is 5.82 Å². The van der Waals surface area contributed by atoms with E-state index >= 15 is 0 Å². The second kappa shape index (κ2) is 6.15. The Morgan fingerprint density at radius 2 is 2.11 bits per heavy atom. The molecule has 4 nitrogen and oxygen atoms in total. The zero-order chi connectivity index (χ0) is 13.8. The van der Waals surface area contributed by atoms with E-state index in [4.69, 9.17) is 0 Å². The molecule has 0 aliphatic carbocycles. The quantitative estimate of drug-likeness (QED) is 0.777. The number of ketones is 1. The van der Waals surface area contributed by atoms with Gasteiger partial charge in [-0.1, -0.05) is 0 Å². The zero-order valence-corrected chi connectivity index (χ0v) is 12.1. The highest BCUT2D eigenvalue weighted by atomic mass is 16.1. The van der Waals surface area contributed by atoms with Gasteiger partial charge in [-0.3, -0.25) is 4.79 Å². The van der Waals surface area contributed by atoms with Crippen molar-refractivity contribution in [3.63, 3.8) is 0 Å². The van der Waals surface area contributed by atoms with Crippen LogP contribution in [0.25, 0.3) is 0 Å². The Hall–Kier alpha value is -1.42. The lowest BCUT2D eigenvalue weighted by Gasteiger charge is -2.34. The highest BCUT2D eigenvalue weighted by Crippen LogP contribution is 2.24. The van der Waals surface area contributed by atoms with Gasteiger partial charge in [-0.15, -0.1) is 0 Å². The van der Waals surface area contributed by atoms with Crippen molar-refractivity contribution in [2.75, 3.05) is 38.6 Å². The summed E-state index contributed by atoms with van der Waals surface area (Å²) in [4.78, 5) is 20.6. The number of piperidine rings is 1. The number of nitrogens with zero attached hydrogens (tertiary/aromatic N) is 3. The molecule has 19 heavy (non-hydrogen) atoms. The lowest BCUT2D eigenvalue weighted by atomic mass is 9.96. The van der Waals surface area contributed by atoms with E-state index in [1.165, 1.54) is 12.8 Å². The first-order valence-electron chi connectivity index (χ1n) is 6.93. The van der Waals surface area contributed by atoms with E-state index in [1.54, 1.807) is 13.1 Å². The van der Waals surface area contributed by atoms with Gasteiger partial charge in [0.1, 0.15) is 5.82 Å². The third-order valence-corrected chi connectivity index (χ3v) is 3.70. The van der Waals surface area contributed by atoms with Gasteiger partial charge in [0.15, 0.2) is 5.78 Å². The normalized spacial score (nSPS) is 16.9. The van der Waals surface area contributed by atoms with Crippen molar-refractivity contribution in [3.8, 4) is 0 Å². The SMILES string of the molecule is CC(=O)c1cccnc1N1CCC(CN(C)C)CC1. The minimum atomic E-state index is 0.0958. The molecule has 1 aromatic rings. The Bertz CT molecular complexity index is 437. The average molecular weight is 261 g/mol. The molecule has 1 aliphatic heterocycles. The average Bonchev–Trinajstić information content (AvgIpc) is 2.39. The summed E-state index contributed by atoms with van der Waals surface area (Å²) in [5, 5.41) is 0. The maximum Gasteiger partial charge on any atom is 0.163 e. The van der Waals surface area contributed by atoms with E-state index in [9.17, 15) is 4.79 Å². The summed E-state index contributed by atoms with van der Waals surface area (Å²) < 4.78 is 0. The summed E-state index contributed by atoms with van der Waals surface area (Å²) >= 11 is 0. The lowest BCUT2D eigenvalue weighted by Crippen LogP contribution is -2.38. The third-order valence-electron chi connectivity index (χ3n) is 3.70. The summed E-state index contributed by atoms with van der Waals surface area (Å²) in [6.07, 6.45) is 4.12. The van der Waals surface area contributed by atoms with Crippen molar-refractivity contribution < 1.29 is 4.79 Å². The van der Waals surface area contributed by atoms with Crippen LogP contribution in [0, 0.1) is 5.92 Å². The molecule has 2 heterocycles. The minimum absolute atomic E-state index is 0.0958. The van der Waals surface area contributed by atoms with Crippen LogP contribution in [-0.2, 0) is 0 Å². The van der Waals surface area contributed by atoms with Crippen molar-refractivity contribution in [3.05, 3.63) is 23.9 Å². The number of pyridine rings is 1. The summed E-state index contributed by atoms with van der Waals surface area (Å²) in [6.45, 7) is 4.75. The Labute approximate surface area is 115 Å². The number of rotatable bonds is 4. The zero-order valence-electron chi connectivity index (χ0n) is 12.1. The van der Waals surface area contributed by atoms with Crippen molar-refractivity contribution in [2.45, 2.75) is 19.8 Å². The Morgan fingerprint density at radius 3 is 2.68 bits per heavy atom. The molecule has 104 valence electrons. The van der Waals surface area contributed by atoms with E-state index in [1.807, 2.05) is 12.1 Å². The lowest BCUT2D eigenvalue weighted by molar-refractivity contribution is 0.101. The summed E-state index contributed by atoms with van der Waals surface area (Å²) in [5.41, 5.74) is 0.744. The van der Waals surface area contributed by atoms with Crippen LogP contribution >= 0.6 is 0 Å². The first-order valence-corrected chi connectivity index (χ1v) is 6.93. The fraction of sp³-hybridized carbons (Fsp3) is 0.600. The van der Waals surface area contributed by atoms with Crippen molar-refractivity contribution in [2.24, 2.45) is 5.92 Å². The molecule has 0 spiro atoms. The molecule has 0 amide bonds. The Balaban J connectivity index is 2.04. The molecule has 0 aromatic carbocycles. The monoisotopic (exact) mass is 261 g/mol. The van der Waals surface area contributed by atoms with Crippen LogP contribution in [0.15, 0.2) is 18.3 Å². The van der Waals surface area contributed by atoms with Crippen LogP contribution in [0.1, 0.15) is 30.1 Å². The maximum atomic E-state index is 11.6. The number of aromatic nitrogens is 1. The van der Waals surface area contributed by atoms with Gasteiger partial charge in [0.2, 0.25) is 0 Å². The third kappa shape index (κ3) is 3.53. The first-order chi connectivity index (χ1) is 9.08. The summed E-state index contributed by atoms with van der Waals surface area (Å²) in [7, 11) is 4.25. The van der Waals surface area contributed by atoms with Crippen LogP contribution in [-0.4, -0.2) is 49.4 Å². The summed E-state index contributed by atoms with van der Waals surface area (Å²) in [5.74, 6) is 1.72. The molecule has 0 atom stereocenters. The fourth-order valence-electron chi connectivity index (χ4n) is 2.77. The first kappa shape index (κ1) is 14.0. The van der Waals surface area contributed by atoms with Gasteiger partial charge in [-0.2, -0.15) is 0 Å². The number of hydrogen-bond donors (Lipinski definition) is 0. The topological polar surface area (TPSA) is 36.4 Å². The number of carbonyl (C=O) groups excluding carboxylic acids is 1. The summed E-state index contributed by atoms with van der Waals surface area (Å²) in [6, 6.07) is 3.70. The molecule has 1 aliphatic rings. The maximum absolute atomic E-state index is 11.6. The van der Waals surface area contributed by atoms with Crippen LogP contribution in [0.5, 0.6) is 0 Å². The smallest absolute Gasteiger partial charge is 0.163 e. The van der Waals surface area contributed by atoms with Crippen LogP contribution in [0.2, 0.25) is 0 Å². The molecule has 0 unspecified atom stereocenters. The van der Waals surface area contributed by atoms with Crippen molar-refractivity contribution >= 4 is 11.6 Å². The largest absolute Gasteiger partial charge is 0.356 e. The molecule has 0 saturated carbocycles. The number of hydrogen-bond acceptors (Lipinski definition) is 4. The van der Waals surface area contributed by atoms with Crippen LogP contribution < -0.4 is 4.90 Å². The standard InChI is InChI=1S/C15H23N3O/c1-12(19)14-5-4-8-16-15(14)18-9-6-13(7-10-18)11-17(2)3/h4-5,8,13H,6-7,9-11H2,1-3H3. The van der Waals surface area contributed by atoms with Crippen molar-refractivity contribution in [1.82, 2.24) is 9.88 Å². The van der Waals surface area contributed by atoms with E-state index in [0.29, 0.717) is 0 Å². The van der Waals surface area contributed by atoms with Gasteiger partial charge in [0.25, 0.3) is 0 Å².